The molecule has 1 aliphatic rings. The highest BCUT2D eigenvalue weighted by Crippen LogP contribution is 2.40. The summed E-state index contributed by atoms with van der Waals surface area (Å²) in [5, 5.41) is 11.2. The van der Waals surface area contributed by atoms with Gasteiger partial charge in [-0.05, 0) is 65.6 Å². The van der Waals surface area contributed by atoms with Gasteiger partial charge in [-0.3, -0.25) is 14.6 Å². The van der Waals surface area contributed by atoms with E-state index < -0.39 is 17.7 Å². The Bertz CT molecular complexity index is 1220. The standard InChI is InChI=1S/C28H28N2O5/c1-18(2)17-35-23-10-6-21(7-11-23)26(31)24-25(20-12-14-29-15-13-20)30(28(33)27(24)32)16-19-4-8-22(34-3)9-5-19/h4-15,18,25,31H,16-17H2,1-3H3/b26-24-. The second-order valence-corrected chi connectivity index (χ2v) is 8.78. The Kier molecular flexibility index (Phi) is 7.15. The fourth-order valence-electron chi connectivity index (χ4n) is 3.99. The molecule has 1 saturated heterocycles. The number of methoxy groups -OCH3 is 1. The van der Waals surface area contributed by atoms with Gasteiger partial charge in [-0.25, -0.2) is 0 Å². The Labute approximate surface area is 204 Å². The van der Waals surface area contributed by atoms with Crippen LogP contribution in [0.3, 0.4) is 0 Å². The van der Waals surface area contributed by atoms with Crippen molar-refractivity contribution < 1.29 is 24.2 Å². The van der Waals surface area contributed by atoms with Gasteiger partial charge in [0.1, 0.15) is 17.3 Å². The molecule has 2 aromatic carbocycles. The van der Waals surface area contributed by atoms with Crippen LogP contribution in [0.2, 0.25) is 0 Å². The molecule has 35 heavy (non-hydrogen) atoms. The average Bonchev–Trinajstić information content (AvgIpc) is 3.13. The molecule has 1 aromatic heterocycles. The van der Waals surface area contributed by atoms with E-state index in [1.807, 2.05) is 12.1 Å². The molecule has 1 unspecified atom stereocenters. The van der Waals surface area contributed by atoms with E-state index in [1.54, 1.807) is 68.0 Å². The van der Waals surface area contributed by atoms with Crippen LogP contribution < -0.4 is 9.47 Å². The first-order chi connectivity index (χ1) is 16.9. The maximum Gasteiger partial charge on any atom is 0.295 e. The lowest BCUT2D eigenvalue weighted by Crippen LogP contribution is -2.29. The number of benzene rings is 2. The van der Waals surface area contributed by atoms with Crippen molar-refractivity contribution in [3.63, 3.8) is 0 Å². The van der Waals surface area contributed by atoms with Crippen molar-refractivity contribution in [2.45, 2.75) is 26.4 Å². The molecule has 7 nitrogen and oxygen atoms in total. The number of Topliss-reactive ketones (excluding diaryl/α,β-unsaturated/α-hetero) is 1. The molecule has 0 aliphatic carbocycles. The molecule has 0 spiro atoms. The Morgan fingerprint density at radius 1 is 0.971 bits per heavy atom. The van der Waals surface area contributed by atoms with E-state index in [2.05, 4.69) is 18.8 Å². The number of carbonyl (C=O) groups is 2. The largest absolute Gasteiger partial charge is 0.507 e. The number of ketones is 1. The van der Waals surface area contributed by atoms with Gasteiger partial charge >= 0.3 is 0 Å². The summed E-state index contributed by atoms with van der Waals surface area (Å²) in [6, 6.07) is 16.9. The minimum atomic E-state index is -0.753. The van der Waals surface area contributed by atoms with Crippen molar-refractivity contribution in [3.8, 4) is 11.5 Å². The van der Waals surface area contributed by atoms with E-state index in [1.165, 1.54) is 4.90 Å². The summed E-state index contributed by atoms with van der Waals surface area (Å²) in [6.45, 7) is 4.89. The molecule has 0 bridgehead atoms. The molecule has 0 saturated carbocycles. The van der Waals surface area contributed by atoms with Crippen molar-refractivity contribution in [1.82, 2.24) is 9.88 Å². The van der Waals surface area contributed by atoms with Crippen LogP contribution in [0.4, 0.5) is 0 Å². The molecule has 4 rings (SSSR count). The molecular weight excluding hydrogens is 444 g/mol. The minimum absolute atomic E-state index is 0.0468. The molecule has 3 aromatic rings. The third-order valence-corrected chi connectivity index (χ3v) is 5.78. The third kappa shape index (κ3) is 5.19. The van der Waals surface area contributed by atoms with E-state index in [9.17, 15) is 14.7 Å². The number of rotatable bonds is 8. The summed E-state index contributed by atoms with van der Waals surface area (Å²) in [6.07, 6.45) is 3.20. The summed E-state index contributed by atoms with van der Waals surface area (Å²) in [4.78, 5) is 31.8. The Balaban J connectivity index is 1.72. The quantitative estimate of drug-likeness (QED) is 0.289. The van der Waals surface area contributed by atoms with Gasteiger partial charge in [-0.2, -0.15) is 0 Å². The molecule has 1 amide bonds. The van der Waals surface area contributed by atoms with E-state index in [0.29, 0.717) is 35.2 Å². The molecule has 180 valence electrons. The number of ether oxygens (including phenoxy) is 2. The van der Waals surface area contributed by atoms with Crippen LogP contribution in [-0.4, -0.2) is 40.4 Å². The SMILES string of the molecule is COc1ccc(CN2C(=O)C(=O)/C(=C(\O)c3ccc(OCC(C)C)cc3)C2c2ccncc2)cc1. The number of likely N-dealkylation sites (tertiary alicyclic amines) is 1. The number of hydrogen-bond acceptors (Lipinski definition) is 6. The molecule has 2 heterocycles. The van der Waals surface area contributed by atoms with Crippen molar-refractivity contribution in [2.75, 3.05) is 13.7 Å². The van der Waals surface area contributed by atoms with E-state index in [0.717, 1.165) is 5.56 Å². The molecule has 7 heteroatoms. The second kappa shape index (κ2) is 10.4. The molecule has 1 aliphatic heterocycles. The highest BCUT2D eigenvalue weighted by Gasteiger charge is 2.46. The first-order valence-corrected chi connectivity index (χ1v) is 11.4. The fraction of sp³-hybridized carbons (Fsp3) is 0.250. The van der Waals surface area contributed by atoms with Crippen molar-refractivity contribution in [2.24, 2.45) is 5.92 Å². The van der Waals surface area contributed by atoms with Gasteiger partial charge in [-0.1, -0.05) is 26.0 Å². The van der Waals surface area contributed by atoms with E-state index >= 15 is 0 Å². The Hall–Kier alpha value is -4.13. The number of aliphatic hydroxyl groups is 1. The van der Waals surface area contributed by atoms with Gasteiger partial charge < -0.3 is 19.5 Å². The predicted molar refractivity (Wildman–Crippen MR) is 132 cm³/mol. The molecule has 1 N–H and O–H groups in total. The first kappa shape index (κ1) is 24.0. The molecule has 0 radical (unpaired) electrons. The number of carbonyl (C=O) groups excluding carboxylic acids is 2. The number of amides is 1. The van der Waals surface area contributed by atoms with Gasteiger partial charge in [0.05, 0.1) is 25.3 Å². The Morgan fingerprint density at radius 3 is 2.20 bits per heavy atom. The number of aromatic nitrogens is 1. The number of pyridine rings is 1. The smallest absolute Gasteiger partial charge is 0.295 e. The summed E-state index contributed by atoms with van der Waals surface area (Å²) in [5.74, 6) is 0.130. The number of aliphatic hydroxyl groups excluding tert-OH is 1. The zero-order valence-corrected chi connectivity index (χ0v) is 20.0. The zero-order chi connectivity index (χ0) is 24.9. The summed E-state index contributed by atoms with van der Waals surface area (Å²) >= 11 is 0. The Morgan fingerprint density at radius 2 is 1.60 bits per heavy atom. The second-order valence-electron chi connectivity index (χ2n) is 8.78. The molecular formula is C28H28N2O5. The highest BCUT2D eigenvalue weighted by atomic mass is 16.5. The van der Waals surface area contributed by atoms with Crippen LogP contribution in [0.15, 0.2) is 78.6 Å². The normalized spacial score (nSPS) is 17.1. The maximum atomic E-state index is 13.2. The van der Waals surface area contributed by atoms with Crippen LogP contribution in [0, 0.1) is 5.92 Å². The lowest BCUT2D eigenvalue weighted by Gasteiger charge is -2.25. The van der Waals surface area contributed by atoms with Crippen molar-refractivity contribution in [3.05, 3.63) is 95.3 Å². The zero-order valence-electron chi connectivity index (χ0n) is 20.0. The highest BCUT2D eigenvalue weighted by molar-refractivity contribution is 6.46. The first-order valence-electron chi connectivity index (χ1n) is 11.4. The van der Waals surface area contributed by atoms with Crippen LogP contribution in [0.5, 0.6) is 11.5 Å². The summed E-state index contributed by atoms with van der Waals surface area (Å²) in [5.41, 5.74) is 2.00. The van der Waals surface area contributed by atoms with Crippen molar-refractivity contribution in [1.29, 1.82) is 0 Å². The topological polar surface area (TPSA) is 89.0 Å². The third-order valence-electron chi connectivity index (χ3n) is 5.78. The predicted octanol–water partition coefficient (Wildman–Crippen LogP) is 4.75. The van der Waals surface area contributed by atoms with E-state index in [-0.39, 0.29) is 17.9 Å². The number of nitrogens with zero attached hydrogens (tertiary/aromatic N) is 2. The summed E-state index contributed by atoms with van der Waals surface area (Å²) < 4.78 is 10.9. The van der Waals surface area contributed by atoms with Gasteiger partial charge in [0.2, 0.25) is 0 Å². The average molecular weight is 473 g/mol. The van der Waals surface area contributed by atoms with Gasteiger partial charge in [0, 0.05) is 24.5 Å². The van der Waals surface area contributed by atoms with Crippen LogP contribution in [0.25, 0.3) is 5.76 Å². The van der Waals surface area contributed by atoms with Crippen LogP contribution in [0.1, 0.15) is 36.6 Å². The van der Waals surface area contributed by atoms with Crippen LogP contribution >= 0.6 is 0 Å². The maximum absolute atomic E-state index is 13.2. The summed E-state index contributed by atoms with van der Waals surface area (Å²) in [7, 11) is 1.58. The molecule has 1 fully saturated rings. The fourth-order valence-corrected chi connectivity index (χ4v) is 3.99. The van der Waals surface area contributed by atoms with Crippen molar-refractivity contribution >= 4 is 17.4 Å². The monoisotopic (exact) mass is 472 g/mol. The lowest BCUT2D eigenvalue weighted by molar-refractivity contribution is -0.140. The van der Waals surface area contributed by atoms with Crippen LogP contribution in [-0.2, 0) is 16.1 Å². The van der Waals surface area contributed by atoms with E-state index in [4.69, 9.17) is 9.47 Å². The van der Waals surface area contributed by atoms with Gasteiger partial charge in [0.15, 0.2) is 0 Å². The number of hydrogen-bond donors (Lipinski definition) is 1. The van der Waals surface area contributed by atoms with Gasteiger partial charge in [0.25, 0.3) is 11.7 Å². The lowest BCUT2D eigenvalue weighted by atomic mass is 9.96. The molecule has 1 atom stereocenters. The van der Waals surface area contributed by atoms with Gasteiger partial charge in [-0.15, -0.1) is 0 Å². The minimum Gasteiger partial charge on any atom is -0.507 e.